The molecular formula is C26H32N6O2. The molecule has 8 heteroatoms. The van der Waals surface area contributed by atoms with E-state index in [1.165, 1.54) is 32.1 Å². The van der Waals surface area contributed by atoms with Crippen LogP contribution in [-0.2, 0) is 4.79 Å². The number of carbonyl (C=O) groups is 1. The molecule has 1 saturated carbocycles. The van der Waals surface area contributed by atoms with E-state index in [0.29, 0.717) is 24.3 Å². The van der Waals surface area contributed by atoms with E-state index in [1.807, 2.05) is 59.4 Å². The Bertz CT molecular complexity index is 1110. The first-order chi connectivity index (χ1) is 16.7. The number of anilines is 2. The van der Waals surface area contributed by atoms with Crippen molar-refractivity contribution in [3.05, 3.63) is 60.4 Å². The topological polar surface area (TPSA) is 93.1 Å². The lowest BCUT2D eigenvalue weighted by atomic mass is 9.84. The second-order valence-electron chi connectivity index (χ2n) is 9.12. The number of rotatable bonds is 8. The number of nitrogens with zero attached hydrogens (tertiary/aromatic N) is 3. The monoisotopic (exact) mass is 460 g/mol. The Morgan fingerprint density at radius 1 is 1.12 bits per heavy atom. The van der Waals surface area contributed by atoms with Crippen molar-refractivity contribution in [2.24, 2.45) is 5.92 Å². The molecule has 2 atom stereocenters. The predicted octanol–water partition coefficient (Wildman–Crippen LogP) is 4.31. The number of fused-ring (bicyclic) bond motifs is 1. The van der Waals surface area contributed by atoms with Crippen LogP contribution in [0.4, 0.5) is 11.8 Å². The number of amides is 1. The van der Waals surface area contributed by atoms with Gasteiger partial charge in [0.15, 0.2) is 0 Å². The normalized spacial score (nSPS) is 18.6. The third-order valence-corrected chi connectivity index (χ3v) is 6.75. The highest BCUT2D eigenvalue weighted by atomic mass is 16.5. The molecule has 3 heterocycles. The van der Waals surface area contributed by atoms with Crippen LogP contribution in [0.15, 0.2) is 54.9 Å². The Hall–Kier alpha value is -3.55. The zero-order chi connectivity index (χ0) is 23.3. The van der Waals surface area contributed by atoms with Crippen molar-refractivity contribution >= 4 is 17.7 Å². The van der Waals surface area contributed by atoms with Gasteiger partial charge >= 0.3 is 0 Å². The highest BCUT2D eigenvalue weighted by Gasteiger charge is 2.30. The van der Waals surface area contributed by atoms with Crippen LogP contribution in [0.1, 0.15) is 50.1 Å². The minimum Gasteiger partial charge on any atom is -0.491 e. The van der Waals surface area contributed by atoms with Gasteiger partial charge < -0.3 is 25.3 Å². The summed E-state index contributed by atoms with van der Waals surface area (Å²) in [5.74, 6) is 3.21. The van der Waals surface area contributed by atoms with Crippen molar-refractivity contribution in [1.29, 1.82) is 0 Å². The Balaban J connectivity index is 1.37. The summed E-state index contributed by atoms with van der Waals surface area (Å²) in [7, 11) is 1.79. The molecule has 5 rings (SSSR count). The molecule has 0 bridgehead atoms. The molecular weight excluding hydrogens is 428 g/mol. The average Bonchev–Trinajstić information content (AvgIpc) is 3.55. The summed E-state index contributed by atoms with van der Waals surface area (Å²) >= 11 is 0. The fourth-order valence-electron chi connectivity index (χ4n) is 4.96. The summed E-state index contributed by atoms with van der Waals surface area (Å²) in [6, 6.07) is 13.1. The zero-order valence-electron chi connectivity index (χ0n) is 19.5. The quantitative estimate of drug-likeness (QED) is 0.464. The van der Waals surface area contributed by atoms with Crippen LogP contribution in [0.25, 0.3) is 5.82 Å². The molecule has 8 nitrogen and oxygen atoms in total. The fraction of sp³-hybridized carbons (Fsp3) is 0.423. The maximum atomic E-state index is 13.6. The Kier molecular flexibility index (Phi) is 6.65. The Morgan fingerprint density at radius 3 is 2.71 bits per heavy atom. The first-order valence-corrected chi connectivity index (χ1v) is 12.2. The smallest absolute Gasteiger partial charge is 0.243 e. The van der Waals surface area contributed by atoms with Gasteiger partial charge in [0.1, 0.15) is 30.0 Å². The first kappa shape index (κ1) is 22.3. The second kappa shape index (κ2) is 10.2. The molecule has 1 aromatic carbocycles. The molecule has 1 aliphatic carbocycles. The summed E-state index contributed by atoms with van der Waals surface area (Å²) in [6.45, 7) is 0.455. The number of hydrogen-bond donors (Lipinski definition) is 3. The van der Waals surface area contributed by atoms with Crippen LogP contribution < -0.4 is 20.7 Å². The SMILES string of the molecule is CNc1nc(NC(CC2CCCCC2)C(=O)NC2COc3ccccc32)cc(-n2cccc2)n1. The molecule has 3 aromatic rings. The molecule has 1 fully saturated rings. The molecule has 178 valence electrons. The van der Waals surface area contributed by atoms with Crippen LogP contribution >= 0.6 is 0 Å². The van der Waals surface area contributed by atoms with Gasteiger partial charge in [-0.15, -0.1) is 0 Å². The van der Waals surface area contributed by atoms with Crippen molar-refractivity contribution in [2.45, 2.75) is 50.6 Å². The molecule has 2 aliphatic rings. The molecule has 2 aromatic heterocycles. The van der Waals surface area contributed by atoms with Crippen molar-refractivity contribution in [3.63, 3.8) is 0 Å². The molecule has 0 spiro atoms. The van der Waals surface area contributed by atoms with E-state index in [0.717, 1.165) is 23.6 Å². The lowest BCUT2D eigenvalue weighted by Gasteiger charge is -2.28. The molecule has 0 saturated heterocycles. The Labute approximate surface area is 200 Å². The molecule has 2 unspecified atom stereocenters. The fourth-order valence-corrected chi connectivity index (χ4v) is 4.96. The molecule has 0 radical (unpaired) electrons. The van der Waals surface area contributed by atoms with Crippen molar-refractivity contribution in [1.82, 2.24) is 19.9 Å². The van der Waals surface area contributed by atoms with Gasteiger partial charge in [-0.2, -0.15) is 9.97 Å². The zero-order valence-corrected chi connectivity index (χ0v) is 19.5. The summed E-state index contributed by atoms with van der Waals surface area (Å²) in [5, 5.41) is 9.70. The van der Waals surface area contributed by atoms with Gasteiger partial charge in [0.2, 0.25) is 11.9 Å². The summed E-state index contributed by atoms with van der Waals surface area (Å²) in [5.41, 5.74) is 1.03. The van der Waals surface area contributed by atoms with Crippen LogP contribution in [0.3, 0.4) is 0 Å². The maximum Gasteiger partial charge on any atom is 0.243 e. The largest absolute Gasteiger partial charge is 0.491 e. The van der Waals surface area contributed by atoms with Crippen LogP contribution in [-0.4, -0.2) is 40.1 Å². The summed E-state index contributed by atoms with van der Waals surface area (Å²) in [6.07, 6.45) is 10.7. The third kappa shape index (κ3) is 5.00. The van der Waals surface area contributed by atoms with Gasteiger partial charge in [0.25, 0.3) is 0 Å². The number of para-hydroxylation sites is 1. The van der Waals surface area contributed by atoms with Crippen molar-refractivity contribution in [2.75, 3.05) is 24.3 Å². The van der Waals surface area contributed by atoms with Crippen LogP contribution in [0.5, 0.6) is 5.75 Å². The highest BCUT2D eigenvalue weighted by Crippen LogP contribution is 2.33. The van der Waals surface area contributed by atoms with E-state index in [4.69, 9.17) is 4.74 Å². The van der Waals surface area contributed by atoms with Gasteiger partial charge in [0.05, 0.1) is 6.04 Å². The summed E-state index contributed by atoms with van der Waals surface area (Å²) < 4.78 is 7.71. The third-order valence-electron chi connectivity index (χ3n) is 6.75. The number of nitrogens with one attached hydrogen (secondary N) is 3. The second-order valence-corrected chi connectivity index (χ2v) is 9.12. The number of aromatic nitrogens is 3. The lowest BCUT2D eigenvalue weighted by molar-refractivity contribution is -0.123. The lowest BCUT2D eigenvalue weighted by Crippen LogP contribution is -2.43. The minimum atomic E-state index is -0.395. The van der Waals surface area contributed by atoms with Crippen LogP contribution in [0.2, 0.25) is 0 Å². The van der Waals surface area contributed by atoms with E-state index < -0.39 is 6.04 Å². The van der Waals surface area contributed by atoms with E-state index >= 15 is 0 Å². The highest BCUT2D eigenvalue weighted by molar-refractivity contribution is 5.85. The van der Waals surface area contributed by atoms with Crippen molar-refractivity contribution in [3.8, 4) is 11.6 Å². The van der Waals surface area contributed by atoms with Crippen LogP contribution in [0, 0.1) is 5.92 Å². The predicted molar refractivity (Wildman–Crippen MR) is 132 cm³/mol. The number of hydrogen-bond acceptors (Lipinski definition) is 6. The minimum absolute atomic E-state index is 0.0250. The number of ether oxygens (including phenoxy) is 1. The number of benzene rings is 1. The molecule has 34 heavy (non-hydrogen) atoms. The first-order valence-electron chi connectivity index (χ1n) is 12.2. The molecule has 3 N–H and O–H groups in total. The molecule has 1 amide bonds. The van der Waals surface area contributed by atoms with Gasteiger partial charge in [-0.25, -0.2) is 0 Å². The average molecular weight is 461 g/mol. The maximum absolute atomic E-state index is 13.6. The van der Waals surface area contributed by atoms with E-state index in [9.17, 15) is 4.79 Å². The van der Waals surface area contributed by atoms with Gasteiger partial charge in [-0.05, 0) is 30.5 Å². The van der Waals surface area contributed by atoms with Gasteiger partial charge in [-0.1, -0.05) is 50.3 Å². The molecule has 1 aliphatic heterocycles. The summed E-state index contributed by atoms with van der Waals surface area (Å²) in [4.78, 5) is 22.7. The van der Waals surface area contributed by atoms with Crippen molar-refractivity contribution < 1.29 is 9.53 Å². The number of carbonyl (C=O) groups excluding carboxylic acids is 1. The van der Waals surface area contributed by atoms with E-state index in [-0.39, 0.29) is 11.9 Å². The Morgan fingerprint density at radius 2 is 1.91 bits per heavy atom. The van der Waals surface area contributed by atoms with E-state index in [1.54, 1.807) is 7.05 Å². The standard InChI is InChI=1S/C26H32N6O2/c1-27-26-30-23(16-24(31-26)32-13-7-8-14-32)28-20(15-18-9-3-2-4-10-18)25(33)29-21-17-34-22-12-6-5-11-19(21)22/h5-8,11-14,16,18,20-21H,2-4,9-10,15,17H2,1H3,(H,29,33)(H2,27,28,30,31). The van der Waals surface area contributed by atoms with Gasteiger partial charge in [0, 0.05) is 31.1 Å². The van der Waals surface area contributed by atoms with E-state index in [2.05, 4.69) is 25.9 Å². The van der Waals surface area contributed by atoms with Gasteiger partial charge in [-0.3, -0.25) is 4.79 Å².